The van der Waals surface area contributed by atoms with Crippen LogP contribution in [-0.2, 0) is 19.6 Å². The molecule has 0 unspecified atom stereocenters. The normalized spacial score (nSPS) is 10.7. The van der Waals surface area contributed by atoms with E-state index in [0.29, 0.717) is 12.8 Å². The van der Waals surface area contributed by atoms with Gasteiger partial charge in [0, 0.05) is 5.57 Å². The lowest BCUT2D eigenvalue weighted by Crippen LogP contribution is -2.06. The molecule has 0 aromatic rings. The van der Waals surface area contributed by atoms with Gasteiger partial charge in [-0.2, -0.15) is 8.42 Å². The summed E-state index contributed by atoms with van der Waals surface area (Å²) in [7, 11) is -3.91. The molecule has 0 bridgehead atoms. The standard InChI is InChI=1S/C9H14O5S/c1-3-14-9(10)8(2)6-4-5-7-15(11,12)13/h3H,1-2,4-7H2,(H,11,12,13). The van der Waals surface area contributed by atoms with Crippen molar-refractivity contribution in [1.82, 2.24) is 0 Å². The third kappa shape index (κ3) is 7.90. The van der Waals surface area contributed by atoms with Gasteiger partial charge in [0.2, 0.25) is 0 Å². The van der Waals surface area contributed by atoms with E-state index in [2.05, 4.69) is 17.9 Å². The van der Waals surface area contributed by atoms with Crippen LogP contribution in [0.3, 0.4) is 0 Å². The Morgan fingerprint density at radius 2 is 2.00 bits per heavy atom. The maximum atomic E-state index is 11.0. The molecule has 5 nitrogen and oxygen atoms in total. The fourth-order valence-corrected chi connectivity index (χ4v) is 1.45. The van der Waals surface area contributed by atoms with Crippen molar-refractivity contribution in [3.05, 3.63) is 25.0 Å². The lowest BCUT2D eigenvalue weighted by molar-refractivity contribution is -0.133. The Balaban J connectivity index is 3.73. The van der Waals surface area contributed by atoms with Gasteiger partial charge in [-0.25, -0.2) is 4.79 Å². The second-order valence-corrected chi connectivity index (χ2v) is 4.49. The number of unbranched alkanes of at least 4 members (excludes halogenated alkanes) is 1. The highest BCUT2D eigenvalue weighted by atomic mass is 32.2. The molecule has 0 heterocycles. The summed E-state index contributed by atoms with van der Waals surface area (Å²) >= 11 is 0. The van der Waals surface area contributed by atoms with Gasteiger partial charge < -0.3 is 4.74 Å². The van der Waals surface area contributed by atoms with Crippen molar-refractivity contribution in [2.75, 3.05) is 5.75 Å². The molecule has 0 aromatic carbocycles. The predicted octanol–water partition coefficient (Wildman–Crippen LogP) is 1.29. The Morgan fingerprint density at radius 3 is 2.47 bits per heavy atom. The van der Waals surface area contributed by atoms with Crippen molar-refractivity contribution in [3.8, 4) is 0 Å². The van der Waals surface area contributed by atoms with Gasteiger partial charge in [-0.1, -0.05) is 13.2 Å². The fraction of sp³-hybridized carbons (Fsp3) is 0.444. The van der Waals surface area contributed by atoms with Crippen LogP contribution < -0.4 is 0 Å². The molecule has 86 valence electrons. The van der Waals surface area contributed by atoms with E-state index in [-0.39, 0.29) is 17.7 Å². The van der Waals surface area contributed by atoms with E-state index in [1.165, 1.54) is 0 Å². The van der Waals surface area contributed by atoms with Crippen molar-refractivity contribution in [2.24, 2.45) is 0 Å². The van der Waals surface area contributed by atoms with E-state index >= 15 is 0 Å². The molecule has 0 rings (SSSR count). The maximum Gasteiger partial charge on any atom is 0.338 e. The number of ether oxygens (including phenoxy) is 1. The van der Waals surface area contributed by atoms with Gasteiger partial charge >= 0.3 is 5.97 Å². The molecule has 0 saturated heterocycles. The van der Waals surface area contributed by atoms with Crippen LogP contribution in [-0.4, -0.2) is 24.7 Å². The molecule has 1 N–H and O–H groups in total. The SMILES string of the molecule is C=COC(=O)C(=C)CCCCS(=O)(=O)O. The number of carbonyl (C=O) groups is 1. The fourth-order valence-electron chi connectivity index (χ4n) is 0.884. The number of carbonyl (C=O) groups excluding carboxylic acids is 1. The van der Waals surface area contributed by atoms with Gasteiger partial charge in [-0.3, -0.25) is 4.55 Å². The first kappa shape index (κ1) is 13.9. The molecule has 0 aliphatic rings. The Bertz CT molecular complexity index is 342. The van der Waals surface area contributed by atoms with Gasteiger partial charge in [0.15, 0.2) is 0 Å². The third-order valence-corrected chi connectivity index (χ3v) is 2.41. The molecule has 0 aromatic heterocycles. The monoisotopic (exact) mass is 234 g/mol. The summed E-state index contributed by atoms with van der Waals surface area (Å²) in [5.74, 6) is -0.881. The van der Waals surface area contributed by atoms with Crippen LogP contribution in [0.5, 0.6) is 0 Å². The first-order valence-electron chi connectivity index (χ1n) is 4.31. The molecule has 15 heavy (non-hydrogen) atoms. The van der Waals surface area contributed by atoms with Crippen molar-refractivity contribution in [3.63, 3.8) is 0 Å². The third-order valence-electron chi connectivity index (χ3n) is 1.61. The van der Waals surface area contributed by atoms with Crippen molar-refractivity contribution >= 4 is 16.1 Å². The molecule has 6 heteroatoms. The molecular weight excluding hydrogens is 220 g/mol. The summed E-state index contributed by atoms with van der Waals surface area (Å²) in [4.78, 5) is 11.0. The minimum absolute atomic E-state index is 0.255. The average Bonchev–Trinajstić information content (AvgIpc) is 2.11. The maximum absolute atomic E-state index is 11.0. The first-order chi connectivity index (χ1) is 6.87. The van der Waals surface area contributed by atoms with Gasteiger partial charge in [0.05, 0.1) is 12.0 Å². The average molecular weight is 234 g/mol. The lowest BCUT2D eigenvalue weighted by Gasteiger charge is -2.02. The van der Waals surface area contributed by atoms with E-state index in [1.54, 1.807) is 0 Å². The highest BCUT2D eigenvalue weighted by Gasteiger charge is 2.08. The lowest BCUT2D eigenvalue weighted by atomic mass is 10.1. The summed E-state index contributed by atoms with van der Waals surface area (Å²) in [6.07, 6.45) is 2.07. The highest BCUT2D eigenvalue weighted by Crippen LogP contribution is 2.08. The Morgan fingerprint density at radius 1 is 1.40 bits per heavy atom. The van der Waals surface area contributed by atoms with E-state index < -0.39 is 16.1 Å². The Hall–Kier alpha value is -1.14. The summed E-state index contributed by atoms with van der Waals surface area (Å²) in [6.45, 7) is 6.69. The molecule has 0 fully saturated rings. The number of rotatable bonds is 7. The minimum Gasteiger partial charge on any atom is -0.432 e. The van der Waals surface area contributed by atoms with Gasteiger partial charge in [-0.05, 0) is 19.3 Å². The zero-order chi connectivity index (χ0) is 11.9. The van der Waals surface area contributed by atoms with Gasteiger partial charge in [0.1, 0.15) is 0 Å². The van der Waals surface area contributed by atoms with Gasteiger partial charge in [-0.15, -0.1) is 0 Å². The molecule has 0 aliphatic carbocycles. The number of hydrogen-bond donors (Lipinski definition) is 1. The van der Waals surface area contributed by atoms with Crippen molar-refractivity contribution < 1.29 is 22.5 Å². The summed E-state index contributed by atoms with van der Waals surface area (Å²) in [5, 5.41) is 0. The molecule has 0 spiro atoms. The van der Waals surface area contributed by atoms with Crippen molar-refractivity contribution in [1.29, 1.82) is 0 Å². The van der Waals surface area contributed by atoms with E-state index in [4.69, 9.17) is 4.55 Å². The zero-order valence-electron chi connectivity index (χ0n) is 8.31. The molecule has 0 atom stereocenters. The first-order valence-corrected chi connectivity index (χ1v) is 5.92. The van der Waals surface area contributed by atoms with Crippen LogP contribution in [0, 0.1) is 0 Å². The van der Waals surface area contributed by atoms with Crippen LogP contribution in [0.25, 0.3) is 0 Å². The van der Waals surface area contributed by atoms with E-state index in [1.807, 2.05) is 0 Å². The van der Waals surface area contributed by atoms with Crippen LogP contribution in [0.1, 0.15) is 19.3 Å². The topological polar surface area (TPSA) is 80.7 Å². The second-order valence-electron chi connectivity index (χ2n) is 2.92. The minimum atomic E-state index is -3.91. The molecule has 0 radical (unpaired) electrons. The number of hydrogen-bond acceptors (Lipinski definition) is 4. The largest absolute Gasteiger partial charge is 0.432 e. The molecule has 0 saturated carbocycles. The summed E-state index contributed by atoms with van der Waals surface area (Å²) in [5.41, 5.74) is 0.255. The van der Waals surface area contributed by atoms with E-state index in [0.717, 1.165) is 6.26 Å². The predicted molar refractivity (Wildman–Crippen MR) is 55.7 cm³/mol. The highest BCUT2D eigenvalue weighted by molar-refractivity contribution is 7.85. The van der Waals surface area contributed by atoms with Crippen LogP contribution in [0.4, 0.5) is 0 Å². The quantitative estimate of drug-likeness (QED) is 0.236. The van der Waals surface area contributed by atoms with Crippen LogP contribution >= 0.6 is 0 Å². The summed E-state index contributed by atoms with van der Waals surface area (Å²) < 4.78 is 33.6. The molecule has 0 aliphatic heterocycles. The number of esters is 1. The van der Waals surface area contributed by atoms with Crippen LogP contribution in [0.2, 0.25) is 0 Å². The summed E-state index contributed by atoms with van der Waals surface area (Å²) in [6, 6.07) is 0. The van der Waals surface area contributed by atoms with Crippen LogP contribution in [0.15, 0.2) is 25.0 Å². The molecule has 0 amide bonds. The zero-order valence-corrected chi connectivity index (χ0v) is 9.12. The van der Waals surface area contributed by atoms with E-state index in [9.17, 15) is 13.2 Å². The second kappa shape index (κ2) is 6.36. The smallest absolute Gasteiger partial charge is 0.338 e. The Kier molecular flexibility index (Phi) is 5.88. The van der Waals surface area contributed by atoms with Crippen molar-refractivity contribution in [2.45, 2.75) is 19.3 Å². The Labute approximate surface area is 89.2 Å². The molecular formula is C9H14O5S. The van der Waals surface area contributed by atoms with Gasteiger partial charge in [0.25, 0.3) is 10.1 Å².